The second kappa shape index (κ2) is 11.2. The maximum atomic E-state index is 13.1. The van der Waals surface area contributed by atoms with Gasteiger partial charge in [0.05, 0.1) is 11.1 Å². The van der Waals surface area contributed by atoms with E-state index >= 15 is 0 Å². The Morgan fingerprint density at radius 2 is 1.45 bits per heavy atom. The molecular formula is C26H27F6N7O. The van der Waals surface area contributed by atoms with Gasteiger partial charge in [0.1, 0.15) is 17.5 Å². The summed E-state index contributed by atoms with van der Waals surface area (Å²) in [7, 11) is 3.83. The molecule has 1 aromatic heterocycles. The average Bonchev–Trinajstić information content (AvgIpc) is 2.87. The summed E-state index contributed by atoms with van der Waals surface area (Å²) in [5.74, 6) is 1.97. The van der Waals surface area contributed by atoms with Crippen molar-refractivity contribution < 1.29 is 31.1 Å². The number of anilines is 5. The summed E-state index contributed by atoms with van der Waals surface area (Å²) >= 11 is 0. The number of carbonyl (C=O) groups excluding carboxylic acids is 1. The first-order valence-corrected chi connectivity index (χ1v) is 12.2. The SMILES string of the molecule is Cc1nc(N2CCN(C)CC2)cc(N(C)c2cccc(NC(=O)Nc3cc(C(F)(F)F)cc(C(F)(F)F)c3)c2)n1. The Morgan fingerprint density at radius 1 is 0.850 bits per heavy atom. The summed E-state index contributed by atoms with van der Waals surface area (Å²) in [4.78, 5) is 27.8. The van der Waals surface area contributed by atoms with E-state index in [0.29, 0.717) is 29.5 Å². The van der Waals surface area contributed by atoms with Gasteiger partial charge in [0.25, 0.3) is 0 Å². The third kappa shape index (κ3) is 7.11. The molecule has 2 N–H and O–H groups in total. The Labute approximate surface area is 226 Å². The second-order valence-corrected chi connectivity index (χ2v) is 9.40. The lowest BCUT2D eigenvalue weighted by Gasteiger charge is -2.33. The highest BCUT2D eigenvalue weighted by atomic mass is 19.4. The van der Waals surface area contributed by atoms with Gasteiger partial charge in [0.2, 0.25) is 0 Å². The van der Waals surface area contributed by atoms with Crippen LogP contribution in [0.4, 0.5) is 59.8 Å². The van der Waals surface area contributed by atoms with Crippen LogP contribution in [0.2, 0.25) is 0 Å². The zero-order valence-corrected chi connectivity index (χ0v) is 21.9. The highest BCUT2D eigenvalue weighted by Crippen LogP contribution is 2.37. The lowest BCUT2D eigenvalue weighted by atomic mass is 10.1. The van der Waals surface area contributed by atoms with Crippen LogP contribution in [-0.4, -0.2) is 61.2 Å². The predicted octanol–water partition coefficient (Wildman–Crippen LogP) is 5.99. The van der Waals surface area contributed by atoms with Crippen LogP contribution >= 0.6 is 0 Å². The second-order valence-electron chi connectivity index (χ2n) is 9.40. The Hall–Kier alpha value is -4.07. The molecule has 40 heavy (non-hydrogen) atoms. The summed E-state index contributed by atoms with van der Waals surface area (Å²) in [6.07, 6.45) is -10.1. The van der Waals surface area contributed by atoms with E-state index < -0.39 is 35.2 Å². The zero-order chi connectivity index (χ0) is 29.2. The highest BCUT2D eigenvalue weighted by Gasteiger charge is 2.37. The first kappa shape index (κ1) is 28.9. The Bertz CT molecular complexity index is 1340. The van der Waals surface area contributed by atoms with Crippen LogP contribution in [0.5, 0.6) is 0 Å². The van der Waals surface area contributed by atoms with E-state index in [2.05, 4.69) is 37.4 Å². The van der Waals surface area contributed by atoms with Gasteiger partial charge in [-0.25, -0.2) is 14.8 Å². The van der Waals surface area contributed by atoms with Crippen LogP contribution in [0.25, 0.3) is 0 Å². The van der Waals surface area contributed by atoms with Gasteiger partial charge >= 0.3 is 18.4 Å². The number of urea groups is 1. The maximum Gasteiger partial charge on any atom is 0.416 e. The monoisotopic (exact) mass is 567 g/mol. The van der Waals surface area contributed by atoms with E-state index in [0.717, 1.165) is 32.0 Å². The van der Waals surface area contributed by atoms with Crippen LogP contribution in [0.15, 0.2) is 48.5 Å². The maximum absolute atomic E-state index is 13.1. The van der Waals surface area contributed by atoms with Crippen molar-refractivity contribution in [3.8, 4) is 0 Å². The van der Waals surface area contributed by atoms with Crippen molar-refractivity contribution >= 4 is 34.7 Å². The molecule has 0 radical (unpaired) electrons. The van der Waals surface area contributed by atoms with Crippen LogP contribution in [0, 0.1) is 6.92 Å². The molecule has 0 atom stereocenters. The van der Waals surface area contributed by atoms with E-state index in [9.17, 15) is 31.1 Å². The fourth-order valence-corrected chi connectivity index (χ4v) is 4.15. The minimum absolute atomic E-state index is 0.00756. The number of piperazine rings is 1. The largest absolute Gasteiger partial charge is 0.416 e. The van der Waals surface area contributed by atoms with Crippen molar-refractivity contribution in [2.24, 2.45) is 0 Å². The number of hydrogen-bond acceptors (Lipinski definition) is 6. The third-order valence-electron chi connectivity index (χ3n) is 6.32. The molecular weight excluding hydrogens is 540 g/mol. The van der Waals surface area contributed by atoms with Gasteiger partial charge in [-0.05, 0) is 50.4 Å². The van der Waals surface area contributed by atoms with Gasteiger partial charge in [-0.3, -0.25) is 0 Å². The van der Waals surface area contributed by atoms with Crippen molar-refractivity contribution in [3.63, 3.8) is 0 Å². The molecule has 2 heterocycles. The summed E-state index contributed by atoms with van der Waals surface area (Å²) in [5.41, 5.74) is -2.83. The van der Waals surface area contributed by atoms with E-state index in [1.165, 1.54) is 6.07 Å². The van der Waals surface area contributed by atoms with Gasteiger partial charge in [0, 0.05) is 56.4 Å². The Balaban J connectivity index is 1.51. The topological polar surface area (TPSA) is 76.6 Å². The number of nitrogens with one attached hydrogen (secondary N) is 2. The molecule has 0 spiro atoms. The van der Waals surface area contributed by atoms with Crippen LogP contribution < -0.4 is 20.4 Å². The minimum Gasteiger partial charge on any atom is -0.354 e. The molecule has 8 nitrogen and oxygen atoms in total. The van der Waals surface area contributed by atoms with Crippen molar-refractivity contribution in [2.45, 2.75) is 19.3 Å². The molecule has 2 amide bonds. The van der Waals surface area contributed by atoms with Gasteiger partial charge < -0.3 is 25.3 Å². The minimum atomic E-state index is -5.03. The number of carbonyl (C=O) groups is 1. The number of nitrogens with zero attached hydrogens (tertiary/aromatic N) is 5. The average molecular weight is 568 g/mol. The van der Waals surface area contributed by atoms with Gasteiger partial charge in [-0.2, -0.15) is 26.3 Å². The molecule has 4 rings (SSSR count). The molecule has 0 bridgehead atoms. The molecule has 0 aliphatic carbocycles. The molecule has 1 aliphatic heterocycles. The number of amides is 2. The van der Waals surface area contributed by atoms with Crippen molar-refractivity contribution in [1.29, 1.82) is 0 Å². The summed E-state index contributed by atoms with van der Waals surface area (Å²) < 4.78 is 78.8. The normalized spacial score (nSPS) is 14.7. The molecule has 0 unspecified atom stereocenters. The fraction of sp³-hybridized carbons (Fsp3) is 0.346. The fourth-order valence-electron chi connectivity index (χ4n) is 4.15. The van der Waals surface area contributed by atoms with Gasteiger partial charge in [-0.1, -0.05) is 6.07 Å². The van der Waals surface area contributed by atoms with Crippen LogP contribution in [-0.2, 0) is 12.4 Å². The summed E-state index contributed by atoms with van der Waals surface area (Å²) in [6, 6.07) is 8.25. The highest BCUT2D eigenvalue weighted by molar-refractivity contribution is 6.00. The quantitative estimate of drug-likeness (QED) is 0.369. The molecule has 3 aromatic rings. The van der Waals surface area contributed by atoms with E-state index in [-0.39, 0.29) is 11.8 Å². The van der Waals surface area contributed by atoms with Gasteiger partial charge in [0.15, 0.2) is 0 Å². The van der Waals surface area contributed by atoms with Crippen molar-refractivity contribution in [1.82, 2.24) is 14.9 Å². The molecule has 1 saturated heterocycles. The number of halogens is 6. The summed E-state index contributed by atoms with van der Waals surface area (Å²) in [5, 5.41) is 4.50. The van der Waals surface area contributed by atoms with E-state index in [1.807, 2.05) is 6.07 Å². The molecule has 2 aromatic carbocycles. The molecule has 0 saturated carbocycles. The first-order chi connectivity index (χ1) is 18.7. The van der Waals surface area contributed by atoms with Crippen molar-refractivity contribution in [2.75, 3.05) is 60.7 Å². The standard InChI is InChI=1S/C26H27F6N7O/c1-16-33-22(15-23(34-16)39-9-7-37(2)8-10-39)38(3)21-6-4-5-19(14-21)35-24(40)36-20-12-17(25(27,28)29)11-18(13-20)26(30,31)32/h4-6,11-15H,7-10H2,1-3H3,(H2,35,36,40). The lowest BCUT2D eigenvalue weighted by Crippen LogP contribution is -2.45. The molecule has 14 heteroatoms. The van der Waals surface area contributed by atoms with E-state index in [4.69, 9.17) is 0 Å². The zero-order valence-electron chi connectivity index (χ0n) is 21.9. The third-order valence-corrected chi connectivity index (χ3v) is 6.32. The van der Waals surface area contributed by atoms with Crippen LogP contribution in [0.3, 0.4) is 0 Å². The molecule has 1 aliphatic rings. The van der Waals surface area contributed by atoms with E-state index in [1.54, 1.807) is 37.1 Å². The smallest absolute Gasteiger partial charge is 0.354 e. The number of hydrogen-bond donors (Lipinski definition) is 2. The Morgan fingerprint density at radius 3 is 2.05 bits per heavy atom. The number of benzene rings is 2. The predicted molar refractivity (Wildman–Crippen MR) is 140 cm³/mol. The number of likely N-dealkylation sites (N-methyl/N-ethyl adjacent to an activating group) is 1. The molecule has 1 fully saturated rings. The van der Waals surface area contributed by atoms with Gasteiger partial charge in [-0.15, -0.1) is 0 Å². The Kier molecular flexibility index (Phi) is 8.10. The lowest BCUT2D eigenvalue weighted by molar-refractivity contribution is -0.143. The number of alkyl halides is 6. The number of rotatable bonds is 5. The number of aromatic nitrogens is 2. The summed E-state index contributed by atoms with van der Waals surface area (Å²) in [6.45, 7) is 5.24. The molecule has 214 valence electrons. The first-order valence-electron chi connectivity index (χ1n) is 12.2. The number of aryl methyl sites for hydroxylation is 1. The van der Waals surface area contributed by atoms with Crippen molar-refractivity contribution in [3.05, 3.63) is 65.5 Å². The van der Waals surface area contributed by atoms with Crippen LogP contribution in [0.1, 0.15) is 17.0 Å².